The molecule has 1 aromatic heterocycles. The van der Waals surface area contributed by atoms with Crippen LogP contribution in [-0.4, -0.2) is 17.6 Å². The number of hydrazine groups is 1. The van der Waals surface area contributed by atoms with Gasteiger partial charge in [-0.3, -0.25) is 0 Å². The topological polar surface area (TPSA) is 54.2 Å². The summed E-state index contributed by atoms with van der Waals surface area (Å²) < 4.78 is 38.8. The molecule has 3 N–H and O–H groups in total. The molecule has 0 aliphatic rings. The van der Waals surface area contributed by atoms with Gasteiger partial charge in [-0.05, 0) is 32.4 Å². The van der Waals surface area contributed by atoms with Crippen LogP contribution in [0.15, 0.2) is 12.1 Å². The minimum absolute atomic E-state index is 0.0148. The van der Waals surface area contributed by atoms with Crippen LogP contribution in [0.4, 0.5) is 24.8 Å². The monoisotopic (exact) mass is 304 g/mol. The number of nitrogens with zero attached hydrogens (tertiary/aromatic N) is 2. The molecule has 0 aromatic carbocycles. The maximum Gasteiger partial charge on any atom is 0.416 e. The Morgan fingerprint density at radius 3 is 2.43 bits per heavy atom. The van der Waals surface area contributed by atoms with E-state index in [4.69, 9.17) is 5.84 Å². The molecule has 1 rings (SSSR count). The lowest BCUT2D eigenvalue weighted by molar-refractivity contribution is -0.137. The lowest BCUT2D eigenvalue weighted by atomic mass is 10.2. The summed E-state index contributed by atoms with van der Waals surface area (Å²) in [5.74, 6) is 5.54. The standard InChI is InChI=1S/C14H23F3N4/c1-4-5-6-7-21(10(2)3)13-9-11(14(15,16)17)8-12(19-13)20-18/h8-10H,4-7,18H2,1-3H3,(H,19,20). The average Bonchev–Trinajstić information content (AvgIpc) is 2.41. The molecule has 0 aliphatic carbocycles. The predicted molar refractivity (Wildman–Crippen MR) is 79.1 cm³/mol. The van der Waals surface area contributed by atoms with Crippen molar-refractivity contribution in [2.75, 3.05) is 16.9 Å². The molecule has 7 heteroatoms. The van der Waals surface area contributed by atoms with Crippen LogP contribution in [0, 0.1) is 0 Å². The highest BCUT2D eigenvalue weighted by atomic mass is 19.4. The van der Waals surface area contributed by atoms with Gasteiger partial charge in [0.15, 0.2) is 0 Å². The van der Waals surface area contributed by atoms with Crippen LogP contribution in [0.1, 0.15) is 45.6 Å². The number of rotatable bonds is 7. The smallest absolute Gasteiger partial charge is 0.354 e. The normalized spacial score (nSPS) is 11.8. The number of hydrogen-bond donors (Lipinski definition) is 2. The van der Waals surface area contributed by atoms with Crippen LogP contribution in [0.25, 0.3) is 0 Å². The molecular weight excluding hydrogens is 281 g/mol. The molecule has 1 aromatic rings. The first-order valence-corrected chi connectivity index (χ1v) is 7.12. The Hall–Kier alpha value is -1.50. The van der Waals surface area contributed by atoms with Crippen molar-refractivity contribution in [3.63, 3.8) is 0 Å². The first-order valence-electron chi connectivity index (χ1n) is 7.12. The van der Waals surface area contributed by atoms with Gasteiger partial charge in [-0.2, -0.15) is 13.2 Å². The largest absolute Gasteiger partial charge is 0.416 e. The van der Waals surface area contributed by atoms with Gasteiger partial charge >= 0.3 is 6.18 Å². The van der Waals surface area contributed by atoms with Gasteiger partial charge in [0.25, 0.3) is 0 Å². The third kappa shape index (κ3) is 5.08. The Morgan fingerprint density at radius 2 is 1.95 bits per heavy atom. The summed E-state index contributed by atoms with van der Waals surface area (Å²) in [6, 6.07) is 2.05. The molecule has 21 heavy (non-hydrogen) atoms. The molecule has 0 saturated heterocycles. The highest BCUT2D eigenvalue weighted by molar-refractivity contribution is 5.51. The van der Waals surface area contributed by atoms with Crippen molar-refractivity contribution in [1.82, 2.24) is 4.98 Å². The molecule has 0 fully saturated rings. The van der Waals surface area contributed by atoms with E-state index in [9.17, 15) is 13.2 Å². The zero-order valence-corrected chi connectivity index (χ0v) is 12.7. The Balaban J connectivity index is 3.11. The van der Waals surface area contributed by atoms with Crippen LogP contribution in [0.3, 0.4) is 0 Å². The van der Waals surface area contributed by atoms with E-state index in [1.165, 1.54) is 0 Å². The molecule has 0 saturated carbocycles. The number of halogens is 3. The summed E-state index contributed by atoms with van der Waals surface area (Å²) in [5, 5.41) is 0. The fourth-order valence-electron chi connectivity index (χ4n) is 2.07. The van der Waals surface area contributed by atoms with Crippen LogP contribution >= 0.6 is 0 Å². The van der Waals surface area contributed by atoms with Gasteiger partial charge in [0, 0.05) is 12.6 Å². The van der Waals surface area contributed by atoms with E-state index in [1.54, 1.807) is 0 Å². The minimum atomic E-state index is -4.42. The van der Waals surface area contributed by atoms with Gasteiger partial charge < -0.3 is 10.3 Å². The first-order chi connectivity index (χ1) is 9.79. The summed E-state index contributed by atoms with van der Waals surface area (Å²) >= 11 is 0. The minimum Gasteiger partial charge on any atom is -0.354 e. The van der Waals surface area contributed by atoms with Gasteiger partial charge in [0.05, 0.1) is 5.56 Å². The molecular formula is C14H23F3N4. The molecule has 0 bridgehead atoms. The second-order valence-corrected chi connectivity index (χ2v) is 5.24. The Bertz CT molecular complexity index is 446. The van der Waals surface area contributed by atoms with Crippen molar-refractivity contribution in [3.05, 3.63) is 17.7 Å². The van der Waals surface area contributed by atoms with E-state index >= 15 is 0 Å². The van der Waals surface area contributed by atoms with Crippen LogP contribution < -0.4 is 16.2 Å². The molecule has 0 spiro atoms. The first kappa shape index (κ1) is 17.6. The lowest BCUT2D eigenvalue weighted by Crippen LogP contribution is -2.33. The highest BCUT2D eigenvalue weighted by Gasteiger charge is 2.32. The number of pyridine rings is 1. The SMILES string of the molecule is CCCCCN(c1cc(C(F)(F)F)cc(NN)n1)C(C)C. The third-order valence-corrected chi connectivity index (χ3v) is 3.21. The van der Waals surface area contributed by atoms with E-state index < -0.39 is 11.7 Å². The molecule has 1 heterocycles. The molecule has 0 aliphatic heterocycles. The summed E-state index contributed by atoms with van der Waals surface area (Å²) in [6.07, 6.45) is -1.42. The van der Waals surface area contributed by atoms with E-state index in [0.29, 0.717) is 12.4 Å². The summed E-state index contributed by atoms with van der Waals surface area (Å²) in [7, 11) is 0. The highest BCUT2D eigenvalue weighted by Crippen LogP contribution is 2.33. The quantitative estimate of drug-likeness (QED) is 0.457. The van der Waals surface area contributed by atoms with Crippen molar-refractivity contribution >= 4 is 11.6 Å². The maximum atomic E-state index is 12.9. The van der Waals surface area contributed by atoms with Crippen LogP contribution in [-0.2, 0) is 6.18 Å². The molecule has 0 amide bonds. The number of anilines is 2. The van der Waals surface area contributed by atoms with Gasteiger partial charge in [-0.15, -0.1) is 0 Å². The Kier molecular flexibility index (Phi) is 6.26. The van der Waals surface area contributed by atoms with Crippen molar-refractivity contribution in [3.8, 4) is 0 Å². The second-order valence-electron chi connectivity index (χ2n) is 5.24. The zero-order valence-electron chi connectivity index (χ0n) is 12.7. The van der Waals surface area contributed by atoms with Crippen LogP contribution in [0.2, 0.25) is 0 Å². The van der Waals surface area contributed by atoms with E-state index in [1.807, 2.05) is 18.7 Å². The van der Waals surface area contributed by atoms with E-state index in [0.717, 1.165) is 31.4 Å². The summed E-state index contributed by atoms with van der Waals surface area (Å²) in [6.45, 7) is 6.62. The van der Waals surface area contributed by atoms with Crippen molar-refractivity contribution in [2.24, 2.45) is 5.84 Å². The maximum absolute atomic E-state index is 12.9. The van der Waals surface area contributed by atoms with Gasteiger partial charge in [0.2, 0.25) is 0 Å². The van der Waals surface area contributed by atoms with Crippen molar-refractivity contribution in [1.29, 1.82) is 0 Å². The Morgan fingerprint density at radius 1 is 1.29 bits per heavy atom. The molecule has 0 atom stereocenters. The fourth-order valence-corrected chi connectivity index (χ4v) is 2.07. The third-order valence-electron chi connectivity index (χ3n) is 3.21. The number of nitrogens with one attached hydrogen (secondary N) is 1. The number of alkyl halides is 3. The lowest BCUT2D eigenvalue weighted by Gasteiger charge is -2.29. The van der Waals surface area contributed by atoms with Crippen molar-refractivity contribution < 1.29 is 13.2 Å². The predicted octanol–water partition coefficient (Wildman–Crippen LogP) is 3.79. The zero-order chi connectivity index (χ0) is 16.0. The second kappa shape index (κ2) is 7.49. The van der Waals surface area contributed by atoms with Gasteiger partial charge in [0.1, 0.15) is 11.6 Å². The van der Waals surface area contributed by atoms with E-state index in [-0.39, 0.29) is 11.9 Å². The van der Waals surface area contributed by atoms with Gasteiger partial charge in [-0.1, -0.05) is 19.8 Å². The van der Waals surface area contributed by atoms with Crippen molar-refractivity contribution in [2.45, 2.75) is 52.3 Å². The fraction of sp³-hybridized carbons (Fsp3) is 0.643. The molecule has 4 nitrogen and oxygen atoms in total. The molecule has 120 valence electrons. The number of hydrogen-bond acceptors (Lipinski definition) is 4. The molecule has 0 radical (unpaired) electrons. The number of nitrogens with two attached hydrogens (primary N) is 1. The van der Waals surface area contributed by atoms with Gasteiger partial charge in [-0.25, -0.2) is 10.8 Å². The number of unbranched alkanes of at least 4 members (excludes halogenated alkanes) is 2. The number of aromatic nitrogens is 1. The average molecular weight is 304 g/mol. The van der Waals surface area contributed by atoms with Crippen LogP contribution in [0.5, 0.6) is 0 Å². The Labute approximate surface area is 123 Å². The van der Waals surface area contributed by atoms with E-state index in [2.05, 4.69) is 17.3 Å². The molecule has 0 unspecified atom stereocenters. The summed E-state index contributed by atoms with van der Waals surface area (Å²) in [5.41, 5.74) is 1.45. The number of nitrogen functional groups attached to an aromatic ring is 1. The summed E-state index contributed by atoms with van der Waals surface area (Å²) in [4.78, 5) is 6.02.